The fraction of sp³-hybridized carbons (Fsp3) is 0.833. The van der Waals surface area contributed by atoms with Crippen molar-refractivity contribution in [3.63, 3.8) is 0 Å². The summed E-state index contributed by atoms with van der Waals surface area (Å²) in [6.07, 6.45) is 23.9. The van der Waals surface area contributed by atoms with Crippen LogP contribution in [0.5, 0.6) is 0 Å². The molecule has 8 nitrogen and oxygen atoms in total. The number of fused-ring (bicyclic) bond motifs is 4. The van der Waals surface area contributed by atoms with Gasteiger partial charge in [-0.05, 0) is 123 Å². The van der Waals surface area contributed by atoms with Gasteiger partial charge in [-0.1, -0.05) is 41.5 Å². The van der Waals surface area contributed by atoms with Crippen LogP contribution >= 0.6 is 0 Å². The first-order valence-electron chi connectivity index (χ1n) is 18.9. The van der Waals surface area contributed by atoms with E-state index in [2.05, 4.69) is 67.2 Å². The highest BCUT2D eigenvalue weighted by atomic mass is 16.6. The summed E-state index contributed by atoms with van der Waals surface area (Å²) < 4.78 is 18.8. The van der Waals surface area contributed by atoms with Crippen molar-refractivity contribution in [2.75, 3.05) is 0 Å². The standard InChI is InChI=1S/C38H60O8.2C2H2/c1-21-19-24(32(34(6,7)43)44-23(3)39)45-25-20-36(9)27-14-13-26-33(4,5)28(46-30(42)12-10-11-29(40)41)15-16-37(26)22(2)38(27,37)18-17-35(36,8)31(21)25;2*1-2/h21-22,24-28,31-32,43H,10-20H2,1-9H3,(H,40,41);2*1-2H/t21-,22-,24-,25-,26?,27+,28+,31?,32+,35-,36+,37?,38+;;/m1../s1. The van der Waals surface area contributed by atoms with Gasteiger partial charge in [-0.25, -0.2) is 0 Å². The summed E-state index contributed by atoms with van der Waals surface area (Å²) in [7, 11) is 0. The van der Waals surface area contributed by atoms with E-state index in [4.69, 9.17) is 19.3 Å². The average Bonchev–Trinajstić information content (AvgIpc) is 3.45. The molecule has 6 fully saturated rings. The first-order chi connectivity index (χ1) is 23.3. The number of carbonyl (C=O) groups is 3. The molecule has 0 aromatic carbocycles. The number of ether oxygens (including phenoxy) is 3. The zero-order valence-electron chi connectivity index (χ0n) is 32.1. The van der Waals surface area contributed by atoms with E-state index in [9.17, 15) is 19.5 Å². The topological polar surface area (TPSA) is 119 Å². The predicted molar refractivity (Wildman–Crippen MR) is 192 cm³/mol. The Morgan fingerprint density at radius 1 is 0.900 bits per heavy atom. The maximum Gasteiger partial charge on any atom is 0.306 e. The Labute approximate surface area is 301 Å². The molecular weight excluding hydrogens is 632 g/mol. The first kappa shape index (κ1) is 40.2. The first-order valence-corrected chi connectivity index (χ1v) is 18.9. The van der Waals surface area contributed by atoms with Crippen molar-refractivity contribution in [3.8, 4) is 25.7 Å². The number of aliphatic carboxylic acids is 1. The van der Waals surface area contributed by atoms with Gasteiger partial charge in [-0.2, -0.15) is 0 Å². The highest BCUT2D eigenvalue weighted by molar-refractivity contribution is 5.71. The Bertz CT molecular complexity index is 1340. The zero-order valence-corrected chi connectivity index (χ0v) is 32.1. The van der Waals surface area contributed by atoms with Crippen LogP contribution in [-0.2, 0) is 28.6 Å². The van der Waals surface area contributed by atoms with Gasteiger partial charge in [-0.3, -0.25) is 14.4 Å². The van der Waals surface area contributed by atoms with Crippen molar-refractivity contribution >= 4 is 17.9 Å². The van der Waals surface area contributed by atoms with Gasteiger partial charge in [0.1, 0.15) is 6.10 Å². The molecule has 5 saturated carbocycles. The van der Waals surface area contributed by atoms with Crippen molar-refractivity contribution in [3.05, 3.63) is 0 Å². The quantitative estimate of drug-likeness (QED) is 0.199. The number of rotatable bonds is 8. The Morgan fingerprint density at radius 3 is 2.08 bits per heavy atom. The summed E-state index contributed by atoms with van der Waals surface area (Å²) >= 11 is 0. The molecule has 0 bridgehead atoms. The summed E-state index contributed by atoms with van der Waals surface area (Å²) in [4.78, 5) is 35.8. The molecule has 13 atom stereocenters. The smallest absolute Gasteiger partial charge is 0.306 e. The molecule has 1 saturated heterocycles. The van der Waals surface area contributed by atoms with Crippen LogP contribution < -0.4 is 0 Å². The number of hydrogen-bond acceptors (Lipinski definition) is 7. The second kappa shape index (κ2) is 13.8. The molecule has 0 radical (unpaired) electrons. The van der Waals surface area contributed by atoms with E-state index < -0.39 is 17.7 Å². The van der Waals surface area contributed by atoms with Crippen LogP contribution in [0, 0.1) is 82.4 Å². The second-order valence-corrected chi connectivity index (χ2v) is 18.2. The van der Waals surface area contributed by atoms with E-state index in [-0.39, 0.29) is 64.8 Å². The zero-order chi connectivity index (χ0) is 37.8. The van der Waals surface area contributed by atoms with Crippen molar-refractivity contribution < 1.29 is 38.8 Å². The Morgan fingerprint density at radius 2 is 1.50 bits per heavy atom. The molecule has 0 aromatic rings. The lowest BCUT2D eigenvalue weighted by Gasteiger charge is -2.63. The van der Waals surface area contributed by atoms with E-state index >= 15 is 0 Å². The van der Waals surface area contributed by atoms with Crippen LogP contribution in [-0.4, -0.2) is 58.1 Å². The minimum atomic E-state index is -1.20. The molecule has 0 aromatic heterocycles. The summed E-state index contributed by atoms with van der Waals surface area (Å²) in [5.41, 5.74) is -0.503. The molecule has 0 amide bonds. The normalized spacial score (nSPS) is 43.9. The Hall–Kier alpha value is -2.55. The fourth-order valence-corrected chi connectivity index (χ4v) is 13.9. The van der Waals surface area contributed by atoms with E-state index in [1.165, 1.54) is 26.2 Å². The molecule has 2 spiro atoms. The summed E-state index contributed by atoms with van der Waals surface area (Å²) in [6, 6.07) is 0. The average molecular weight is 697 g/mol. The van der Waals surface area contributed by atoms with Crippen LogP contribution in [0.2, 0.25) is 0 Å². The number of carboxylic acids is 1. The molecule has 6 rings (SSSR count). The van der Waals surface area contributed by atoms with E-state index in [0.29, 0.717) is 41.4 Å². The van der Waals surface area contributed by atoms with Crippen LogP contribution in [0.25, 0.3) is 0 Å². The highest BCUT2D eigenvalue weighted by Crippen LogP contribution is 2.91. The number of aliphatic hydroxyl groups is 1. The molecule has 280 valence electrons. The number of hydrogen-bond donors (Lipinski definition) is 2. The molecule has 1 heterocycles. The molecular formula is C42H64O8. The molecule has 3 unspecified atom stereocenters. The lowest BCUT2D eigenvalue weighted by atomic mass is 9.41. The van der Waals surface area contributed by atoms with Crippen LogP contribution in [0.4, 0.5) is 0 Å². The number of carboxylic acid groups (broad SMARTS) is 1. The number of carbonyl (C=O) groups excluding carboxylic acids is 2. The largest absolute Gasteiger partial charge is 0.481 e. The third-order valence-electron chi connectivity index (χ3n) is 15.7. The third kappa shape index (κ3) is 5.80. The highest BCUT2D eigenvalue weighted by Gasteiger charge is 2.86. The van der Waals surface area contributed by atoms with Crippen molar-refractivity contribution in [2.24, 2.45) is 56.7 Å². The maximum absolute atomic E-state index is 12.8. The van der Waals surface area contributed by atoms with Crippen LogP contribution in [0.1, 0.15) is 133 Å². The predicted octanol–water partition coefficient (Wildman–Crippen LogP) is 7.44. The lowest BCUT2D eigenvalue weighted by molar-refractivity contribution is -0.209. The van der Waals surface area contributed by atoms with Gasteiger partial charge in [0.25, 0.3) is 0 Å². The van der Waals surface area contributed by atoms with E-state index in [1.807, 2.05) is 0 Å². The van der Waals surface area contributed by atoms with Crippen molar-refractivity contribution in [1.29, 1.82) is 0 Å². The van der Waals surface area contributed by atoms with Crippen LogP contribution in [0.3, 0.4) is 0 Å². The second-order valence-electron chi connectivity index (χ2n) is 18.2. The van der Waals surface area contributed by atoms with Gasteiger partial charge in [0, 0.05) is 25.2 Å². The van der Waals surface area contributed by atoms with Crippen LogP contribution in [0.15, 0.2) is 0 Å². The van der Waals surface area contributed by atoms with Gasteiger partial charge in [0.15, 0.2) is 6.10 Å². The summed E-state index contributed by atoms with van der Waals surface area (Å²) in [5, 5.41) is 20.0. The van der Waals surface area contributed by atoms with Gasteiger partial charge in [-0.15, -0.1) is 25.7 Å². The monoisotopic (exact) mass is 696 g/mol. The number of terminal acetylenes is 2. The van der Waals surface area contributed by atoms with Gasteiger partial charge >= 0.3 is 17.9 Å². The summed E-state index contributed by atoms with van der Waals surface area (Å²) in [6.45, 7) is 19.5. The minimum absolute atomic E-state index is 0.00755. The van der Waals surface area contributed by atoms with E-state index in [1.54, 1.807) is 13.8 Å². The van der Waals surface area contributed by atoms with E-state index in [0.717, 1.165) is 32.1 Å². The minimum Gasteiger partial charge on any atom is -0.481 e. The SMILES string of the molecule is C#C.C#C.CC(=O)O[C@@H]([C@H]1C[C@@H](C)C2[C@@H](C[C@@]3(C)[C@@H]4CCC5C(C)(C)[C@@H](OC(=O)CCCC(=O)O)CCC56[C@@H](C)[C@@]46CC[C@]23C)O1)C(C)(C)O. The van der Waals surface area contributed by atoms with Crippen molar-refractivity contribution in [2.45, 2.75) is 163 Å². The molecule has 2 N–H and O–H groups in total. The van der Waals surface area contributed by atoms with Crippen molar-refractivity contribution in [1.82, 2.24) is 0 Å². The fourth-order valence-electron chi connectivity index (χ4n) is 13.9. The van der Waals surface area contributed by atoms with Gasteiger partial charge in [0.2, 0.25) is 0 Å². The summed E-state index contributed by atoms with van der Waals surface area (Å²) in [5.74, 6) is 1.03. The Balaban J connectivity index is 0.00000136. The maximum atomic E-state index is 12.8. The molecule has 5 aliphatic carbocycles. The van der Waals surface area contributed by atoms with Gasteiger partial charge in [0.05, 0.1) is 17.8 Å². The Kier molecular flexibility index (Phi) is 11.1. The molecule has 1 aliphatic heterocycles. The lowest BCUT2D eigenvalue weighted by Crippen LogP contribution is -2.58. The molecule has 50 heavy (non-hydrogen) atoms. The molecule has 8 heteroatoms. The third-order valence-corrected chi connectivity index (χ3v) is 15.7. The van der Waals surface area contributed by atoms with Gasteiger partial charge < -0.3 is 24.4 Å². The molecule has 6 aliphatic rings. The number of esters is 2.